The van der Waals surface area contributed by atoms with Crippen LogP contribution in [-0.2, 0) is 6.54 Å². The highest BCUT2D eigenvalue weighted by molar-refractivity contribution is 5.55. The number of nitrogens with zero attached hydrogens (tertiary/aromatic N) is 2. The molecule has 1 aromatic carbocycles. The van der Waals surface area contributed by atoms with Crippen molar-refractivity contribution in [3.8, 4) is 11.4 Å². The van der Waals surface area contributed by atoms with Crippen molar-refractivity contribution in [3.05, 3.63) is 55.4 Å². The topological polar surface area (TPSA) is 17.8 Å². The maximum absolute atomic E-state index is 4.32. The Morgan fingerprint density at radius 3 is 2.79 bits per heavy atom. The van der Waals surface area contributed by atoms with E-state index in [2.05, 4.69) is 28.3 Å². The van der Waals surface area contributed by atoms with Crippen LogP contribution < -0.4 is 0 Å². The van der Waals surface area contributed by atoms with Crippen LogP contribution in [0.5, 0.6) is 0 Å². The van der Waals surface area contributed by atoms with Crippen molar-refractivity contribution < 1.29 is 0 Å². The van der Waals surface area contributed by atoms with Crippen molar-refractivity contribution in [1.82, 2.24) is 9.55 Å². The van der Waals surface area contributed by atoms with E-state index in [9.17, 15) is 0 Å². The normalized spacial score (nSPS) is 10.0. The van der Waals surface area contributed by atoms with Gasteiger partial charge in [-0.25, -0.2) is 4.98 Å². The molecular formula is C12H12N2. The van der Waals surface area contributed by atoms with Gasteiger partial charge in [0.15, 0.2) is 0 Å². The summed E-state index contributed by atoms with van der Waals surface area (Å²) in [6.07, 6.45) is 5.64. The Hall–Kier alpha value is -1.83. The summed E-state index contributed by atoms with van der Waals surface area (Å²) >= 11 is 0. The summed E-state index contributed by atoms with van der Waals surface area (Å²) in [6, 6.07) is 10.2. The van der Waals surface area contributed by atoms with Crippen LogP contribution >= 0.6 is 0 Å². The lowest BCUT2D eigenvalue weighted by Crippen LogP contribution is -1.96. The molecule has 2 aromatic rings. The third-order valence-corrected chi connectivity index (χ3v) is 2.07. The first-order chi connectivity index (χ1) is 6.92. The molecule has 0 aliphatic heterocycles. The van der Waals surface area contributed by atoms with Crippen LogP contribution in [0.15, 0.2) is 55.4 Å². The molecule has 0 aliphatic rings. The minimum absolute atomic E-state index is 0.796. The van der Waals surface area contributed by atoms with E-state index in [1.165, 1.54) is 0 Å². The zero-order chi connectivity index (χ0) is 9.80. The molecule has 0 N–H and O–H groups in total. The molecule has 0 radical (unpaired) electrons. The third kappa shape index (κ3) is 1.59. The van der Waals surface area contributed by atoms with Gasteiger partial charge in [-0.3, -0.25) is 0 Å². The number of benzene rings is 1. The van der Waals surface area contributed by atoms with Crippen molar-refractivity contribution in [2.75, 3.05) is 0 Å². The summed E-state index contributed by atoms with van der Waals surface area (Å²) in [7, 11) is 0. The first kappa shape index (κ1) is 8.75. The van der Waals surface area contributed by atoms with Gasteiger partial charge in [0.2, 0.25) is 0 Å². The maximum Gasteiger partial charge on any atom is 0.140 e. The average molecular weight is 184 g/mol. The zero-order valence-corrected chi connectivity index (χ0v) is 7.93. The largest absolute Gasteiger partial charge is 0.327 e. The van der Waals surface area contributed by atoms with Crippen molar-refractivity contribution in [2.24, 2.45) is 0 Å². The highest BCUT2D eigenvalue weighted by atomic mass is 15.1. The second-order valence-electron chi connectivity index (χ2n) is 3.06. The monoisotopic (exact) mass is 184 g/mol. The van der Waals surface area contributed by atoms with E-state index in [-0.39, 0.29) is 0 Å². The van der Waals surface area contributed by atoms with Gasteiger partial charge in [0, 0.05) is 24.5 Å². The highest BCUT2D eigenvalue weighted by Crippen LogP contribution is 2.16. The molecular weight excluding hydrogens is 172 g/mol. The molecule has 0 unspecified atom stereocenters. The molecule has 0 spiro atoms. The number of imidazole rings is 1. The van der Waals surface area contributed by atoms with Crippen LogP contribution in [0, 0.1) is 0 Å². The molecule has 2 nitrogen and oxygen atoms in total. The Morgan fingerprint density at radius 2 is 2.07 bits per heavy atom. The van der Waals surface area contributed by atoms with Crippen molar-refractivity contribution in [2.45, 2.75) is 6.54 Å². The summed E-state index contributed by atoms with van der Waals surface area (Å²) < 4.78 is 2.07. The smallest absolute Gasteiger partial charge is 0.140 e. The fraction of sp³-hybridized carbons (Fsp3) is 0.0833. The van der Waals surface area contributed by atoms with E-state index in [1.807, 2.05) is 36.7 Å². The van der Waals surface area contributed by atoms with Crippen LogP contribution in [-0.4, -0.2) is 9.55 Å². The number of rotatable bonds is 3. The Kier molecular flexibility index (Phi) is 2.45. The molecule has 0 fully saturated rings. The zero-order valence-electron chi connectivity index (χ0n) is 7.93. The van der Waals surface area contributed by atoms with Gasteiger partial charge in [-0.2, -0.15) is 0 Å². The predicted octanol–water partition coefficient (Wildman–Crippen LogP) is 2.74. The number of hydrogen-bond donors (Lipinski definition) is 0. The van der Waals surface area contributed by atoms with E-state index in [1.54, 1.807) is 0 Å². The second-order valence-corrected chi connectivity index (χ2v) is 3.06. The fourth-order valence-electron chi connectivity index (χ4n) is 1.44. The third-order valence-electron chi connectivity index (χ3n) is 2.07. The molecule has 0 amide bonds. The van der Waals surface area contributed by atoms with E-state index < -0.39 is 0 Å². The van der Waals surface area contributed by atoms with Crippen LogP contribution in [0.25, 0.3) is 11.4 Å². The fourth-order valence-corrected chi connectivity index (χ4v) is 1.44. The van der Waals surface area contributed by atoms with Gasteiger partial charge in [-0.1, -0.05) is 36.4 Å². The molecule has 0 aliphatic carbocycles. The van der Waals surface area contributed by atoms with E-state index in [0.717, 1.165) is 17.9 Å². The lowest BCUT2D eigenvalue weighted by Gasteiger charge is -2.03. The Balaban J connectivity index is 2.41. The first-order valence-corrected chi connectivity index (χ1v) is 4.59. The summed E-state index contributed by atoms with van der Waals surface area (Å²) in [6.45, 7) is 4.52. The molecule has 70 valence electrons. The number of hydrogen-bond acceptors (Lipinski definition) is 1. The summed E-state index contributed by atoms with van der Waals surface area (Å²) in [5.41, 5.74) is 1.14. The standard InChI is InChI=1S/C12H12N2/c1-2-9-14-10-8-13-12(14)11-6-4-3-5-7-11/h2-8,10H,1,9H2. The van der Waals surface area contributed by atoms with Crippen molar-refractivity contribution in [3.63, 3.8) is 0 Å². The second kappa shape index (κ2) is 3.92. The lowest BCUT2D eigenvalue weighted by atomic mass is 10.2. The minimum atomic E-state index is 0.796. The van der Waals surface area contributed by atoms with Gasteiger partial charge in [-0.15, -0.1) is 6.58 Å². The van der Waals surface area contributed by atoms with Crippen LogP contribution in [0.2, 0.25) is 0 Å². The Labute approximate surface area is 83.5 Å². The molecule has 2 heteroatoms. The molecule has 0 bridgehead atoms. The highest BCUT2D eigenvalue weighted by Gasteiger charge is 2.02. The molecule has 0 saturated heterocycles. The van der Waals surface area contributed by atoms with Crippen molar-refractivity contribution >= 4 is 0 Å². The summed E-state index contributed by atoms with van der Waals surface area (Å²) in [5.74, 6) is 0.991. The first-order valence-electron chi connectivity index (χ1n) is 4.59. The summed E-state index contributed by atoms with van der Waals surface area (Å²) in [4.78, 5) is 4.32. The maximum atomic E-state index is 4.32. The quantitative estimate of drug-likeness (QED) is 0.671. The molecule has 1 heterocycles. The van der Waals surface area contributed by atoms with Gasteiger partial charge in [0.1, 0.15) is 5.82 Å². The number of aromatic nitrogens is 2. The van der Waals surface area contributed by atoms with Crippen LogP contribution in [0.3, 0.4) is 0 Å². The van der Waals surface area contributed by atoms with Crippen molar-refractivity contribution in [1.29, 1.82) is 0 Å². The van der Waals surface area contributed by atoms with Crippen LogP contribution in [0.4, 0.5) is 0 Å². The van der Waals surface area contributed by atoms with Gasteiger partial charge >= 0.3 is 0 Å². The average Bonchev–Trinajstić information content (AvgIpc) is 2.68. The lowest BCUT2D eigenvalue weighted by molar-refractivity contribution is 0.832. The molecule has 0 saturated carbocycles. The van der Waals surface area contributed by atoms with E-state index in [4.69, 9.17) is 0 Å². The number of allylic oxidation sites excluding steroid dienone is 1. The molecule has 0 atom stereocenters. The minimum Gasteiger partial charge on any atom is -0.327 e. The van der Waals surface area contributed by atoms with Gasteiger partial charge in [0.25, 0.3) is 0 Å². The van der Waals surface area contributed by atoms with E-state index >= 15 is 0 Å². The Bertz CT molecular complexity index is 415. The summed E-state index contributed by atoms with van der Waals surface area (Å²) in [5, 5.41) is 0. The molecule has 14 heavy (non-hydrogen) atoms. The Morgan fingerprint density at radius 1 is 1.29 bits per heavy atom. The van der Waals surface area contributed by atoms with Gasteiger partial charge in [-0.05, 0) is 0 Å². The van der Waals surface area contributed by atoms with Gasteiger partial charge < -0.3 is 4.57 Å². The van der Waals surface area contributed by atoms with Crippen LogP contribution in [0.1, 0.15) is 0 Å². The van der Waals surface area contributed by atoms with E-state index in [0.29, 0.717) is 0 Å². The SMILES string of the molecule is C=CCn1ccnc1-c1ccccc1. The molecule has 1 aromatic heterocycles. The molecule has 2 rings (SSSR count). The predicted molar refractivity (Wildman–Crippen MR) is 57.9 cm³/mol. The van der Waals surface area contributed by atoms with Gasteiger partial charge in [0.05, 0.1) is 0 Å².